The summed E-state index contributed by atoms with van der Waals surface area (Å²) in [7, 11) is 0. The highest BCUT2D eigenvalue weighted by Gasteiger charge is 2.41. The van der Waals surface area contributed by atoms with Crippen LogP contribution in [0, 0.1) is 6.92 Å². The van der Waals surface area contributed by atoms with E-state index in [4.69, 9.17) is 21.4 Å². The van der Waals surface area contributed by atoms with Crippen molar-refractivity contribution in [1.29, 1.82) is 0 Å². The summed E-state index contributed by atoms with van der Waals surface area (Å²) >= 11 is 9.69. The van der Waals surface area contributed by atoms with Gasteiger partial charge in [0.05, 0.1) is 11.8 Å². The predicted octanol–water partition coefficient (Wildman–Crippen LogP) is 6.65. The molecule has 0 saturated carbocycles. The zero-order chi connectivity index (χ0) is 19.3. The Morgan fingerprint density at radius 1 is 1.04 bits per heavy atom. The van der Waals surface area contributed by atoms with E-state index in [1.54, 1.807) is 0 Å². The van der Waals surface area contributed by atoms with E-state index in [9.17, 15) is 0 Å². The quantitative estimate of drug-likeness (QED) is 0.434. The fourth-order valence-electron chi connectivity index (χ4n) is 3.83. The number of rotatable bonds is 2. The molecule has 5 heteroatoms. The molecule has 0 fully saturated rings. The normalized spacial score (nSPS) is 20.2. The third-order valence-corrected chi connectivity index (χ3v) is 6.04. The molecule has 3 nitrogen and oxygen atoms in total. The fraction of sp³-hybridized carbons (Fsp3) is 0.174. The molecule has 0 spiro atoms. The van der Waals surface area contributed by atoms with Gasteiger partial charge in [-0.2, -0.15) is 5.10 Å². The second-order valence-corrected chi connectivity index (χ2v) is 8.57. The zero-order valence-electron chi connectivity index (χ0n) is 15.3. The number of halogens is 2. The van der Waals surface area contributed by atoms with Crippen LogP contribution in [0.15, 0.2) is 76.3 Å². The number of benzene rings is 3. The molecule has 2 atom stereocenters. The monoisotopic (exact) mass is 452 g/mol. The molecule has 0 unspecified atom stereocenters. The Labute approximate surface area is 177 Å². The SMILES string of the molecule is Cc1ccc(C2=NN3[C@H](C2)c2cc(Br)ccc2O[C@H]3c2ccc(Cl)cc2)cc1. The minimum atomic E-state index is -0.279. The minimum absolute atomic E-state index is 0.137. The second kappa shape index (κ2) is 6.94. The van der Waals surface area contributed by atoms with Gasteiger partial charge in [-0.25, -0.2) is 5.01 Å². The first-order chi connectivity index (χ1) is 13.6. The van der Waals surface area contributed by atoms with E-state index < -0.39 is 0 Å². The number of hydrogen-bond acceptors (Lipinski definition) is 3. The maximum absolute atomic E-state index is 6.39. The van der Waals surface area contributed by atoms with E-state index in [0.29, 0.717) is 5.02 Å². The Morgan fingerprint density at radius 3 is 2.54 bits per heavy atom. The molecule has 0 amide bonds. The molecule has 3 aromatic rings. The summed E-state index contributed by atoms with van der Waals surface area (Å²) in [5.41, 5.74) is 5.69. The number of aryl methyl sites for hydroxylation is 1. The number of hydrogen-bond donors (Lipinski definition) is 0. The van der Waals surface area contributed by atoms with Crippen LogP contribution >= 0.6 is 27.5 Å². The number of hydrazone groups is 1. The summed E-state index contributed by atoms with van der Waals surface area (Å²) in [6.07, 6.45) is 0.568. The summed E-state index contributed by atoms with van der Waals surface area (Å²) in [4.78, 5) is 0. The highest BCUT2D eigenvalue weighted by atomic mass is 79.9. The molecule has 2 aliphatic heterocycles. The Balaban J connectivity index is 1.59. The van der Waals surface area contributed by atoms with Crippen molar-refractivity contribution in [3.05, 3.63) is 98.5 Å². The van der Waals surface area contributed by atoms with Gasteiger partial charge in [-0.05, 0) is 42.8 Å². The van der Waals surface area contributed by atoms with Gasteiger partial charge in [0.1, 0.15) is 5.75 Å². The molecule has 3 aromatic carbocycles. The van der Waals surface area contributed by atoms with Crippen LogP contribution in [-0.4, -0.2) is 10.7 Å². The standard InChI is InChI=1S/C23H18BrClN2O/c1-14-2-4-15(5-3-14)20-13-21-19-12-17(24)8-11-22(19)28-23(27(21)26-20)16-6-9-18(25)10-7-16/h2-12,21,23H,13H2,1H3/t21-,23+/m1/s1. The molecule has 2 heterocycles. The van der Waals surface area contributed by atoms with Gasteiger partial charge >= 0.3 is 0 Å². The van der Waals surface area contributed by atoms with Crippen molar-refractivity contribution >= 4 is 33.2 Å². The van der Waals surface area contributed by atoms with Crippen molar-refractivity contribution in [2.24, 2.45) is 5.10 Å². The van der Waals surface area contributed by atoms with Gasteiger partial charge in [0.2, 0.25) is 6.23 Å². The van der Waals surface area contributed by atoms with E-state index in [1.807, 2.05) is 36.4 Å². The Kier molecular flexibility index (Phi) is 4.41. The first-order valence-corrected chi connectivity index (χ1v) is 10.4. The van der Waals surface area contributed by atoms with Crippen LogP contribution < -0.4 is 4.74 Å². The zero-order valence-corrected chi connectivity index (χ0v) is 17.6. The van der Waals surface area contributed by atoms with Crippen molar-refractivity contribution in [2.75, 3.05) is 0 Å². The fourth-order valence-corrected chi connectivity index (χ4v) is 4.33. The highest BCUT2D eigenvalue weighted by Crippen LogP contribution is 2.48. The lowest BCUT2D eigenvalue weighted by Crippen LogP contribution is -2.33. The maximum Gasteiger partial charge on any atom is 0.213 e. The van der Waals surface area contributed by atoms with Crippen LogP contribution in [0.5, 0.6) is 5.75 Å². The minimum Gasteiger partial charge on any atom is -0.464 e. The number of ether oxygens (including phenoxy) is 1. The van der Waals surface area contributed by atoms with Crippen LogP contribution in [0.1, 0.15) is 40.9 Å². The molecule has 0 aromatic heterocycles. The van der Waals surface area contributed by atoms with Gasteiger partial charge in [0.25, 0.3) is 0 Å². The summed E-state index contributed by atoms with van der Waals surface area (Å²) in [6, 6.07) is 22.7. The van der Waals surface area contributed by atoms with Gasteiger partial charge in [-0.15, -0.1) is 0 Å². The third kappa shape index (κ3) is 3.11. The van der Waals surface area contributed by atoms with Crippen LogP contribution in [0.2, 0.25) is 5.02 Å². The molecule has 28 heavy (non-hydrogen) atoms. The van der Waals surface area contributed by atoms with Crippen molar-refractivity contribution in [2.45, 2.75) is 25.6 Å². The molecule has 0 radical (unpaired) electrons. The first kappa shape index (κ1) is 17.8. The lowest BCUT2D eigenvalue weighted by atomic mass is 9.95. The van der Waals surface area contributed by atoms with Gasteiger partial charge in [0.15, 0.2) is 0 Å². The molecule has 140 valence electrons. The van der Waals surface area contributed by atoms with Crippen LogP contribution in [0.4, 0.5) is 0 Å². The largest absolute Gasteiger partial charge is 0.464 e. The van der Waals surface area contributed by atoms with E-state index in [0.717, 1.165) is 39.0 Å². The molecule has 5 rings (SSSR count). The summed E-state index contributed by atoms with van der Waals surface area (Å²) < 4.78 is 7.43. The van der Waals surface area contributed by atoms with Crippen molar-refractivity contribution in [3.8, 4) is 5.75 Å². The molecule has 0 saturated heterocycles. The van der Waals surface area contributed by atoms with Crippen molar-refractivity contribution < 1.29 is 4.74 Å². The Bertz CT molecular complexity index is 1060. The molecule has 0 aliphatic carbocycles. The van der Waals surface area contributed by atoms with E-state index >= 15 is 0 Å². The molecule has 2 aliphatic rings. The number of nitrogens with zero attached hydrogens (tertiary/aromatic N) is 2. The van der Waals surface area contributed by atoms with Gasteiger partial charge in [-0.1, -0.05) is 69.5 Å². The molecular formula is C23H18BrClN2O. The summed E-state index contributed by atoms with van der Waals surface area (Å²) in [5, 5.41) is 7.80. The second-order valence-electron chi connectivity index (χ2n) is 7.22. The predicted molar refractivity (Wildman–Crippen MR) is 116 cm³/mol. The first-order valence-electron chi connectivity index (χ1n) is 9.23. The van der Waals surface area contributed by atoms with E-state index in [1.165, 1.54) is 5.56 Å². The van der Waals surface area contributed by atoms with Crippen molar-refractivity contribution in [3.63, 3.8) is 0 Å². The van der Waals surface area contributed by atoms with Gasteiger partial charge in [-0.3, -0.25) is 0 Å². The number of fused-ring (bicyclic) bond motifs is 3. The molecular weight excluding hydrogens is 436 g/mol. The van der Waals surface area contributed by atoms with E-state index in [-0.39, 0.29) is 12.3 Å². The smallest absolute Gasteiger partial charge is 0.213 e. The molecule has 0 bridgehead atoms. The van der Waals surface area contributed by atoms with Crippen LogP contribution in [0.25, 0.3) is 0 Å². The Morgan fingerprint density at radius 2 is 1.79 bits per heavy atom. The maximum atomic E-state index is 6.39. The summed E-state index contributed by atoms with van der Waals surface area (Å²) in [5.74, 6) is 0.907. The van der Waals surface area contributed by atoms with E-state index in [2.05, 4.69) is 58.2 Å². The topological polar surface area (TPSA) is 24.8 Å². The molecule has 0 N–H and O–H groups in total. The summed E-state index contributed by atoms with van der Waals surface area (Å²) in [6.45, 7) is 2.10. The van der Waals surface area contributed by atoms with Crippen molar-refractivity contribution in [1.82, 2.24) is 5.01 Å². The van der Waals surface area contributed by atoms with Gasteiger partial charge in [0, 0.05) is 27.0 Å². The average molecular weight is 454 g/mol. The van der Waals surface area contributed by atoms with Crippen LogP contribution in [-0.2, 0) is 0 Å². The average Bonchev–Trinajstić information content (AvgIpc) is 3.14. The van der Waals surface area contributed by atoms with Gasteiger partial charge < -0.3 is 4.74 Å². The highest BCUT2D eigenvalue weighted by molar-refractivity contribution is 9.10. The van der Waals surface area contributed by atoms with Crippen LogP contribution in [0.3, 0.4) is 0 Å². The third-order valence-electron chi connectivity index (χ3n) is 5.29. The Hall–Kier alpha value is -2.30. The lowest BCUT2D eigenvalue weighted by Gasteiger charge is -2.38. The lowest BCUT2D eigenvalue weighted by molar-refractivity contribution is -0.0190.